The van der Waals surface area contributed by atoms with Crippen LogP contribution in [0.15, 0.2) is 29.4 Å². The fourth-order valence-corrected chi connectivity index (χ4v) is 5.47. The molecule has 2 fully saturated rings. The summed E-state index contributed by atoms with van der Waals surface area (Å²) in [5.74, 6) is 1.21. The molecule has 5 rings (SSSR count). The number of amides is 1. The van der Waals surface area contributed by atoms with Gasteiger partial charge in [-0.25, -0.2) is 0 Å². The highest BCUT2D eigenvalue weighted by Gasteiger charge is 2.40. The predicted molar refractivity (Wildman–Crippen MR) is 135 cm³/mol. The quantitative estimate of drug-likeness (QED) is 0.588. The molecular formula is C26H34F3N7O2. The topological polar surface area (TPSA) is 79.1 Å². The number of aryl methyl sites for hydroxylation is 1. The molecule has 0 radical (unpaired) electrons. The Kier molecular flexibility index (Phi) is 7.60. The van der Waals surface area contributed by atoms with E-state index in [0.29, 0.717) is 31.2 Å². The molecule has 2 aromatic rings. The minimum absolute atomic E-state index is 0.132. The van der Waals surface area contributed by atoms with Crippen LogP contribution in [0.25, 0.3) is 0 Å². The van der Waals surface area contributed by atoms with Gasteiger partial charge in [0.25, 0.3) is 5.82 Å². The summed E-state index contributed by atoms with van der Waals surface area (Å²) in [7, 11) is 0. The van der Waals surface area contributed by atoms with Gasteiger partial charge in [-0.3, -0.25) is 9.69 Å². The highest BCUT2D eigenvalue weighted by molar-refractivity contribution is 5.83. The summed E-state index contributed by atoms with van der Waals surface area (Å²) in [4.78, 5) is 17.9. The van der Waals surface area contributed by atoms with E-state index in [4.69, 9.17) is 4.74 Å². The van der Waals surface area contributed by atoms with Gasteiger partial charge in [-0.1, -0.05) is 12.1 Å². The molecule has 1 atom stereocenters. The summed E-state index contributed by atoms with van der Waals surface area (Å²) in [6.07, 6.45) is -1.80. The number of carbonyl (C=O) groups excluding carboxylic acids is 1. The Labute approximate surface area is 220 Å². The Morgan fingerprint density at radius 2 is 1.71 bits per heavy atom. The zero-order valence-corrected chi connectivity index (χ0v) is 21.8. The van der Waals surface area contributed by atoms with Gasteiger partial charge < -0.3 is 14.5 Å². The number of nitrogens with zero attached hydrogens (tertiary/aromatic N) is 7. The van der Waals surface area contributed by atoms with E-state index >= 15 is 0 Å². The van der Waals surface area contributed by atoms with Crippen molar-refractivity contribution in [2.24, 2.45) is 5.10 Å². The van der Waals surface area contributed by atoms with Gasteiger partial charge in [0, 0.05) is 65.1 Å². The molecule has 4 heterocycles. The number of aromatic nitrogens is 3. The molecule has 1 amide bonds. The Morgan fingerprint density at radius 1 is 1.03 bits per heavy atom. The molecule has 206 valence electrons. The first-order valence-corrected chi connectivity index (χ1v) is 13.3. The average Bonchev–Trinajstić information content (AvgIpc) is 3.36. The minimum atomic E-state index is -4.58. The number of alkyl halides is 3. The zero-order chi connectivity index (χ0) is 26.9. The maximum Gasteiger partial charge on any atom is 0.453 e. The highest BCUT2D eigenvalue weighted by atomic mass is 19.4. The van der Waals surface area contributed by atoms with Crippen molar-refractivity contribution in [3.63, 3.8) is 0 Å². The first-order valence-electron chi connectivity index (χ1n) is 13.3. The maximum atomic E-state index is 13.2. The number of piperidine rings is 1. The van der Waals surface area contributed by atoms with E-state index < -0.39 is 12.0 Å². The van der Waals surface area contributed by atoms with E-state index in [1.807, 2.05) is 17.0 Å². The van der Waals surface area contributed by atoms with Gasteiger partial charge in [-0.2, -0.15) is 22.9 Å². The number of amidine groups is 1. The number of hydrogen-bond donors (Lipinski definition) is 0. The zero-order valence-electron chi connectivity index (χ0n) is 21.8. The number of piperazine rings is 1. The Bertz CT molecular complexity index is 1150. The molecule has 3 aliphatic heterocycles. The molecule has 9 nitrogen and oxygen atoms in total. The fourth-order valence-electron chi connectivity index (χ4n) is 5.47. The number of carbonyl (C=O) groups is 1. The van der Waals surface area contributed by atoms with Gasteiger partial charge in [0.1, 0.15) is 18.2 Å². The maximum absolute atomic E-state index is 13.2. The third-order valence-electron chi connectivity index (χ3n) is 7.83. The molecule has 0 aliphatic carbocycles. The molecule has 0 bridgehead atoms. The second-order valence-electron chi connectivity index (χ2n) is 10.3. The Balaban J connectivity index is 1.11. The molecule has 1 aromatic heterocycles. The van der Waals surface area contributed by atoms with Crippen molar-refractivity contribution < 1.29 is 22.7 Å². The smallest absolute Gasteiger partial charge is 0.453 e. The number of rotatable bonds is 5. The molecule has 38 heavy (non-hydrogen) atoms. The Hall–Kier alpha value is -3.15. The number of ether oxygens (including phenoxy) is 1. The van der Waals surface area contributed by atoms with Crippen LogP contribution in [0.2, 0.25) is 0 Å². The van der Waals surface area contributed by atoms with Crippen LogP contribution >= 0.6 is 0 Å². The van der Waals surface area contributed by atoms with Crippen LogP contribution in [0, 0.1) is 0 Å². The second kappa shape index (κ2) is 10.9. The standard InChI is InChI=1S/C26H34F3N7O2/c1-18(33-13-15-34(16-14-33)19(2)37)17-38-22-5-3-20(4-6-22)21-9-11-35(12-10-21)24-8-7-23-30-31-25(26(27,28)29)36(23)32-24/h3-6,18,21H,7-17H2,1-2H3/t18-/m0/s1. The number of benzene rings is 1. The first kappa shape index (κ1) is 26.5. The van der Waals surface area contributed by atoms with E-state index in [1.165, 1.54) is 5.56 Å². The number of likely N-dealkylation sites (tertiary alicyclic amines) is 1. The van der Waals surface area contributed by atoms with Gasteiger partial charge >= 0.3 is 6.18 Å². The van der Waals surface area contributed by atoms with Gasteiger partial charge in [0.15, 0.2) is 5.82 Å². The van der Waals surface area contributed by atoms with Gasteiger partial charge in [-0.05, 0) is 43.4 Å². The van der Waals surface area contributed by atoms with Gasteiger partial charge in [-0.15, -0.1) is 10.2 Å². The lowest BCUT2D eigenvalue weighted by Crippen LogP contribution is -2.52. The normalized spacial score (nSPS) is 20.2. The monoisotopic (exact) mass is 533 g/mol. The SMILES string of the molecule is CC(=O)N1CCN([C@@H](C)COc2ccc(C3CCN(C4=Nn5c(nnc5C(F)(F)F)CC4)CC3)cc2)CC1. The summed E-state index contributed by atoms with van der Waals surface area (Å²) in [6.45, 7) is 9.08. The van der Waals surface area contributed by atoms with E-state index in [2.05, 4.69) is 44.2 Å². The highest BCUT2D eigenvalue weighted by Crippen LogP contribution is 2.32. The van der Waals surface area contributed by atoms with Gasteiger partial charge in [0.2, 0.25) is 5.91 Å². The van der Waals surface area contributed by atoms with Crippen molar-refractivity contribution in [3.8, 4) is 5.75 Å². The molecule has 0 N–H and O–H groups in total. The third-order valence-corrected chi connectivity index (χ3v) is 7.83. The van der Waals surface area contributed by atoms with Crippen molar-refractivity contribution in [3.05, 3.63) is 41.5 Å². The van der Waals surface area contributed by atoms with Crippen molar-refractivity contribution >= 4 is 11.7 Å². The van der Waals surface area contributed by atoms with Crippen LogP contribution in [-0.2, 0) is 17.4 Å². The lowest BCUT2D eigenvalue weighted by molar-refractivity contribution is -0.147. The second-order valence-corrected chi connectivity index (χ2v) is 10.3. The number of fused-ring (bicyclic) bond motifs is 1. The Morgan fingerprint density at radius 3 is 2.34 bits per heavy atom. The first-order chi connectivity index (χ1) is 18.2. The third kappa shape index (κ3) is 5.79. The van der Waals surface area contributed by atoms with Crippen LogP contribution in [-0.4, -0.2) is 93.2 Å². The van der Waals surface area contributed by atoms with Crippen molar-refractivity contribution in [1.29, 1.82) is 0 Å². The van der Waals surface area contributed by atoms with Crippen LogP contribution in [0.1, 0.15) is 56.2 Å². The summed E-state index contributed by atoms with van der Waals surface area (Å²) in [5.41, 5.74) is 1.25. The summed E-state index contributed by atoms with van der Waals surface area (Å²) < 4.78 is 46.6. The summed E-state index contributed by atoms with van der Waals surface area (Å²) in [5, 5.41) is 11.2. The van der Waals surface area contributed by atoms with E-state index in [0.717, 1.165) is 62.5 Å². The summed E-state index contributed by atoms with van der Waals surface area (Å²) >= 11 is 0. The molecule has 1 aromatic carbocycles. The number of hydrogen-bond acceptors (Lipinski definition) is 7. The van der Waals surface area contributed by atoms with Crippen molar-refractivity contribution in [1.82, 2.24) is 29.6 Å². The average molecular weight is 534 g/mol. The van der Waals surface area contributed by atoms with Crippen molar-refractivity contribution in [2.45, 2.75) is 57.7 Å². The van der Waals surface area contributed by atoms with Crippen LogP contribution < -0.4 is 4.74 Å². The molecule has 3 aliphatic rings. The van der Waals surface area contributed by atoms with Crippen LogP contribution in [0.5, 0.6) is 5.75 Å². The fraction of sp³-hybridized carbons (Fsp3) is 0.615. The minimum Gasteiger partial charge on any atom is -0.492 e. The van der Waals surface area contributed by atoms with E-state index in [-0.39, 0.29) is 17.8 Å². The molecular weight excluding hydrogens is 499 g/mol. The summed E-state index contributed by atoms with van der Waals surface area (Å²) in [6, 6.07) is 8.52. The van der Waals surface area contributed by atoms with E-state index in [1.54, 1.807) is 6.92 Å². The molecule has 0 spiro atoms. The number of halogens is 3. The molecule has 0 saturated carbocycles. The predicted octanol–water partition coefficient (Wildman–Crippen LogP) is 3.22. The van der Waals surface area contributed by atoms with Crippen LogP contribution in [0.4, 0.5) is 13.2 Å². The van der Waals surface area contributed by atoms with Crippen LogP contribution in [0.3, 0.4) is 0 Å². The lowest BCUT2D eigenvalue weighted by Gasteiger charge is -2.37. The molecule has 0 unspecified atom stereocenters. The lowest BCUT2D eigenvalue weighted by atomic mass is 9.89. The largest absolute Gasteiger partial charge is 0.492 e. The van der Waals surface area contributed by atoms with E-state index in [9.17, 15) is 18.0 Å². The van der Waals surface area contributed by atoms with Crippen molar-refractivity contribution in [2.75, 3.05) is 45.9 Å². The molecule has 12 heteroatoms. The molecule has 2 saturated heterocycles. The van der Waals surface area contributed by atoms with Gasteiger partial charge in [0.05, 0.1) is 0 Å².